The van der Waals surface area contributed by atoms with Crippen LogP contribution in [0, 0.1) is 0 Å². The zero-order chi connectivity index (χ0) is 11.9. The molecule has 0 amide bonds. The highest BCUT2D eigenvalue weighted by molar-refractivity contribution is 5.74. The van der Waals surface area contributed by atoms with Crippen molar-refractivity contribution in [3.8, 4) is 11.4 Å². The first-order valence-corrected chi connectivity index (χ1v) is 5.36. The van der Waals surface area contributed by atoms with Crippen molar-refractivity contribution >= 4 is 16.7 Å². The largest absolute Gasteiger partial charge is 0.261 e. The summed E-state index contributed by atoms with van der Waals surface area (Å²) in [5, 5.41) is 11.8. The molecule has 0 atom stereocenters. The lowest BCUT2D eigenvalue weighted by atomic mass is 10.3. The second-order valence-corrected chi connectivity index (χ2v) is 3.84. The Bertz CT molecular complexity index is 772. The van der Waals surface area contributed by atoms with Gasteiger partial charge in [-0.1, -0.05) is 0 Å². The van der Waals surface area contributed by atoms with Gasteiger partial charge in [-0.25, -0.2) is 19.5 Å². The van der Waals surface area contributed by atoms with Crippen molar-refractivity contribution in [1.29, 1.82) is 0 Å². The number of aromatic nitrogens is 7. The van der Waals surface area contributed by atoms with E-state index >= 15 is 0 Å². The fourth-order valence-corrected chi connectivity index (χ4v) is 1.80. The summed E-state index contributed by atoms with van der Waals surface area (Å²) in [5.74, 6) is 0.594. The molecule has 1 N–H and O–H groups in total. The third kappa shape index (κ3) is 1.27. The van der Waals surface area contributed by atoms with E-state index in [1.165, 1.54) is 0 Å². The maximum Gasteiger partial charge on any atom is 0.164 e. The highest BCUT2D eigenvalue weighted by atomic mass is 15.2. The van der Waals surface area contributed by atoms with E-state index in [-0.39, 0.29) is 0 Å². The minimum atomic E-state index is 0.594. The molecule has 0 saturated heterocycles. The summed E-state index contributed by atoms with van der Waals surface area (Å²) in [6.45, 7) is 0. The molecule has 4 aromatic heterocycles. The average Bonchev–Trinajstić information content (AvgIpc) is 3.05. The maximum atomic E-state index is 4.39. The van der Waals surface area contributed by atoms with Crippen molar-refractivity contribution in [3.05, 3.63) is 37.1 Å². The van der Waals surface area contributed by atoms with Gasteiger partial charge in [-0.05, 0) is 0 Å². The first-order chi connectivity index (χ1) is 8.90. The molecule has 0 radical (unpaired) electrons. The van der Waals surface area contributed by atoms with Crippen LogP contribution in [-0.4, -0.2) is 34.8 Å². The van der Waals surface area contributed by atoms with Crippen LogP contribution in [0.3, 0.4) is 0 Å². The molecule has 7 heteroatoms. The summed E-state index contributed by atoms with van der Waals surface area (Å²) in [6, 6.07) is 1.84. The summed E-state index contributed by atoms with van der Waals surface area (Å²) < 4.78 is 1.69. The molecule has 0 aliphatic carbocycles. The van der Waals surface area contributed by atoms with Gasteiger partial charge in [0.2, 0.25) is 0 Å². The zero-order valence-electron chi connectivity index (χ0n) is 9.15. The topological polar surface area (TPSA) is 84.6 Å². The first-order valence-electron chi connectivity index (χ1n) is 5.36. The van der Waals surface area contributed by atoms with E-state index in [9.17, 15) is 0 Å². The lowest BCUT2D eigenvalue weighted by Crippen LogP contribution is -1.94. The lowest BCUT2D eigenvalue weighted by Gasteiger charge is -2.00. The molecule has 18 heavy (non-hydrogen) atoms. The summed E-state index contributed by atoms with van der Waals surface area (Å²) in [7, 11) is 0. The molecular formula is C11H7N7. The van der Waals surface area contributed by atoms with Gasteiger partial charge in [0.15, 0.2) is 17.1 Å². The maximum absolute atomic E-state index is 4.39. The SMILES string of the molecule is c1cc2ncc(-c3ncc4cn[nH]c4n3)cn2n1. The van der Waals surface area contributed by atoms with Crippen molar-refractivity contribution in [2.45, 2.75) is 0 Å². The van der Waals surface area contributed by atoms with Gasteiger partial charge in [-0.15, -0.1) is 0 Å². The Kier molecular flexibility index (Phi) is 1.71. The molecule has 7 nitrogen and oxygen atoms in total. The standard InChI is InChI=1S/C11H7N7/c1-2-15-18-6-8(4-12-9(1)18)10-13-3-7-5-14-17-11(7)16-10/h1-6H,(H,13,14,16,17). The first kappa shape index (κ1) is 9.23. The van der Waals surface area contributed by atoms with E-state index in [1.807, 2.05) is 12.3 Å². The van der Waals surface area contributed by atoms with Crippen LogP contribution >= 0.6 is 0 Å². The fourth-order valence-electron chi connectivity index (χ4n) is 1.80. The average molecular weight is 237 g/mol. The highest BCUT2D eigenvalue weighted by Crippen LogP contribution is 2.16. The van der Waals surface area contributed by atoms with Gasteiger partial charge in [-0.3, -0.25) is 5.10 Å². The number of aromatic amines is 1. The second-order valence-electron chi connectivity index (χ2n) is 3.84. The van der Waals surface area contributed by atoms with E-state index in [0.717, 1.165) is 16.6 Å². The molecule has 0 aliphatic heterocycles. The number of nitrogens with zero attached hydrogens (tertiary/aromatic N) is 6. The third-order valence-corrected chi connectivity index (χ3v) is 2.70. The van der Waals surface area contributed by atoms with Gasteiger partial charge in [-0.2, -0.15) is 10.2 Å². The molecule has 4 rings (SSSR count). The summed E-state index contributed by atoms with van der Waals surface area (Å²) in [6.07, 6.45) is 8.70. The molecule has 86 valence electrons. The van der Waals surface area contributed by atoms with Crippen molar-refractivity contribution in [1.82, 2.24) is 34.8 Å². The van der Waals surface area contributed by atoms with Gasteiger partial charge in [0, 0.05) is 24.7 Å². The quantitative estimate of drug-likeness (QED) is 0.535. The van der Waals surface area contributed by atoms with E-state index in [0.29, 0.717) is 11.5 Å². The number of fused-ring (bicyclic) bond motifs is 2. The number of H-pyrrole nitrogens is 1. The van der Waals surface area contributed by atoms with E-state index in [1.54, 1.807) is 29.3 Å². The Morgan fingerprint density at radius 1 is 1.11 bits per heavy atom. The molecule has 0 aliphatic rings. The Labute approximate surface area is 101 Å². The van der Waals surface area contributed by atoms with Crippen LogP contribution in [0.4, 0.5) is 0 Å². The van der Waals surface area contributed by atoms with Crippen molar-refractivity contribution in [3.63, 3.8) is 0 Å². The molecule has 0 bridgehead atoms. The number of hydrogen-bond donors (Lipinski definition) is 1. The van der Waals surface area contributed by atoms with Crippen LogP contribution in [0.15, 0.2) is 37.1 Å². The molecule has 0 fully saturated rings. The van der Waals surface area contributed by atoms with Gasteiger partial charge < -0.3 is 0 Å². The Morgan fingerprint density at radius 3 is 3.11 bits per heavy atom. The highest BCUT2D eigenvalue weighted by Gasteiger charge is 2.06. The zero-order valence-corrected chi connectivity index (χ0v) is 9.15. The minimum Gasteiger partial charge on any atom is -0.261 e. The van der Waals surface area contributed by atoms with Gasteiger partial charge >= 0.3 is 0 Å². The van der Waals surface area contributed by atoms with Gasteiger partial charge in [0.1, 0.15) is 0 Å². The predicted octanol–water partition coefficient (Wildman–Crippen LogP) is 1.06. The molecular weight excluding hydrogens is 230 g/mol. The van der Waals surface area contributed by atoms with E-state index in [2.05, 4.69) is 30.2 Å². The summed E-state index contributed by atoms with van der Waals surface area (Å²) in [4.78, 5) is 13.0. The second kappa shape index (κ2) is 3.33. The molecule has 4 heterocycles. The number of hydrogen-bond acceptors (Lipinski definition) is 5. The Balaban J connectivity index is 1.93. The summed E-state index contributed by atoms with van der Waals surface area (Å²) >= 11 is 0. The van der Waals surface area contributed by atoms with Crippen LogP contribution in [0.1, 0.15) is 0 Å². The van der Waals surface area contributed by atoms with E-state index in [4.69, 9.17) is 0 Å². The van der Waals surface area contributed by atoms with Crippen LogP contribution in [-0.2, 0) is 0 Å². The third-order valence-electron chi connectivity index (χ3n) is 2.70. The monoisotopic (exact) mass is 237 g/mol. The van der Waals surface area contributed by atoms with Crippen LogP contribution in [0.25, 0.3) is 28.1 Å². The predicted molar refractivity (Wildman–Crippen MR) is 63.7 cm³/mol. The minimum absolute atomic E-state index is 0.594. The van der Waals surface area contributed by atoms with Crippen molar-refractivity contribution in [2.75, 3.05) is 0 Å². The van der Waals surface area contributed by atoms with Crippen molar-refractivity contribution in [2.24, 2.45) is 0 Å². The van der Waals surface area contributed by atoms with Crippen LogP contribution in [0.2, 0.25) is 0 Å². The van der Waals surface area contributed by atoms with Crippen LogP contribution in [0.5, 0.6) is 0 Å². The van der Waals surface area contributed by atoms with Crippen LogP contribution < -0.4 is 0 Å². The smallest absolute Gasteiger partial charge is 0.164 e. The van der Waals surface area contributed by atoms with E-state index < -0.39 is 0 Å². The van der Waals surface area contributed by atoms with Gasteiger partial charge in [0.25, 0.3) is 0 Å². The molecule has 0 saturated carbocycles. The Hall–Kier alpha value is -2.83. The van der Waals surface area contributed by atoms with Crippen molar-refractivity contribution < 1.29 is 0 Å². The van der Waals surface area contributed by atoms with Gasteiger partial charge in [0.05, 0.1) is 23.3 Å². The molecule has 0 unspecified atom stereocenters. The normalized spacial score (nSPS) is 11.3. The molecule has 4 aromatic rings. The fraction of sp³-hybridized carbons (Fsp3) is 0. The number of nitrogens with one attached hydrogen (secondary N) is 1. The summed E-state index contributed by atoms with van der Waals surface area (Å²) in [5.41, 5.74) is 2.31. The molecule has 0 aromatic carbocycles. The lowest BCUT2D eigenvalue weighted by molar-refractivity contribution is 0.938. The molecule has 0 spiro atoms. The number of rotatable bonds is 1. The Morgan fingerprint density at radius 2 is 2.11 bits per heavy atom.